The van der Waals surface area contributed by atoms with Crippen molar-refractivity contribution in [1.82, 2.24) is 10.2 Å². The fourth-order valence-corrected chi connectivity index (χ4v) is 4.12. The smallest absolute Gasteiger partial charge is 0.247 e. The van der Waals surface area contributed by atoms with Gasteiger partial charge in [0.1, 0.15) is 17.7 Å². The van der Waals surface area contributed by atoms with Gasteiger partial charge in [0.2, 0.25) is 11.8 Å². The minimum Gasteiger partial charge on any atom is -0.497 e. The van der Waals surface area contributed by atoms with Gasteiger partial charge in [-0.2, -0.15) is 0 Å². The summed E-state index contributed by atoms with van der Waals surface area (Å²) in [6, 6.07) is 16.3. The van der Waals surface area contributed by atoms with Crippen molar-refractivity contribution in [2.75, 3.05) is 13.0 Å². The third kappa shape index (κ3) is 5.76. The molecule has 1 atom stereocenters. The Hall–Kier alpha value is -2.53. The van der Waals surface area contributed by atoms with Gasteiger partial charge in [-0.25, -0.2) is 0 Å². The number of nitrogens with zero attached hydrogens (tertiary/aromatic N) is 1. The van der Waals surface area contributed by atoms with Crippen LogP contribution in [0.5, 0.6) is 5.75 Å². The number of ether oxygens (including phenoxy) is 1. The number of halogens is 1. The van der Waals surface area contributed by atoms with Gasteiger partial charge < -0.3 is 15.0 Å². The molecule has 6 heteroatoms. The van der Waals surface area contributed by atoms with Crippen LogP contribution in [0.2, 0.25) is 0 Å². The molecular formula is C24H29ClN2O3. The first kappa shape index (κ1) is 22.2. The molecule has 1 N–H and O–H groups in total. The molecule has 0 aromatic heterocycles. The van der Waals surface area contributed by atoms with E-state index in [0.717, 1.165) is 36.8 Å². The van der Waals surface area contributed by atoms with Crippen molar-refractivity contribution in [1.29, 1.82) is 0 Å². The maximum Gasteiger partial charge on any atom is 0.247 e. The van der Waals surface area contributed by atoms with E-state index in [0.29, 0.717) is 12.3 Å². The molecule has 0 radical (unpaired) electrons. The number of rotatable bonds is 8. The number of methoxy groups -OCH3 is 1. The van der Waals surface area contributed by atoms with E-state index < -0.39 is 6.04 Å². The Morgan fingerprint density at radius 2 is 1.73 bits per heavy atom. The second kappa shape index (κ2) is 11.0. The van der Waals surface area contributed by atoms with Crippen LogP contribution in [0.3, 0.4) is 0 Å². The summed E-state index contributed by atoms with van der Waals surface area (Å²) in [7, 11) is 1.60. The van der Waals surface area contributed by atoms with Crippen molar-refractivity contribution in [3.05, 3.63) is 65.7 Å². The van der Waals surface area contributed by atoms with Gasteiger partial charge in [0.05, 0.1) is 7.11 Å². The van der Waals surface area contributed by atoms with Crippen LogP contribution in [0, 0.1) is 0 Å². The van der Waals surface area contributed by atoms with E-state index in [1.165, 1.54) is 6.42 Å². The topological polar surface area (TPSA) is 58.6 Å². The van der Waals surface area contributed by atoms with Crippen LogP contribution in [0.4, 0.5) is 0 Å². The zero-order valence-electron chi connectivity index (χ0n) is 17.4. The fraction of sp³-hybridized carbons (Fsp3) is 0.417. The molecule has 0 bridgehead atoms. The van der Waals surface area contributed by atoms with Crippen molar-refractivity contribution < 1.29 is 14.3 Å². The number of nitrogens with one attached hydrogen (secondary N) is 1. The first-order chi connectivity index (χ1) is 14.6. The van der Waals surface area contributed by atoms with Gasteiger partial charge in [-0.1, -0.05) is 61.7 Å². The van der Waals surface area contributed by atoms with Crippen molar-refractivity contribution in [3.63, 3.8) is 0 Å². The van der Waals surface area contributed by atoms with Gasteiger partial charge in [-0.15, -0.1) is 11.6 Å². The quantitative estimate of drug-likeness (QED) is 0.632. The maximum atomic E-state index is 13.4. The van der Waals surface area contributed by atoms with Crippen LogP contribution in [0.15, 0.2) is 54.6 Å². The van der Waals surface area contributed by atoms with E-state index in [4.69, 9.17) is 16.3 Å². The summed E-state index contributed by atoms with van der Waals surface area (Å²) in [6.45, 7) is 0.307. The molecule has 3 rings (SSSR count). The van der Waals surface area contributed by atoms with Gasteiger partial charge in [-0.3, -0.25) is 9.59 Å². The number of benzene rings is 2. The summed E-state index contributed by atoms with van der Waals surface area (Å²) in [4.78, 5) is 27.9. The van der Waals surface area contributed by atoms with Crippen LogP contribution < -0.4 is 10.1 Å². The Labute approximate surface area is 183 Å². The number of carbonyl (C=O) groups excluding carboxylic acids is 2. The van der Waals surface area contributed by atoms with Gasteiger partial charge in [0.25, 0.3) is 0 Å². The maximum absolute atomic E-state index is 13.4. The highest BCUT2D eigenvalue weighted by Crippen LogP contribution is 2.27. The molecule has 1 saturated carbocycles. The van der Waals surface area contributed by atoms with Gasteiger partial charge in [0.15, 0.2) is 0 Å². The third-order valence-electron chi connectivity index (χ3n) is 5.57. The molecule has 2 aromatic rings. The van der Waals surface area contributed by atoms with E-state index in [2.05, 4.69) is 5.32 Å². The lowest BCUT2D eigenvalue weighted by Crippen LogP contribution is -2.47. The highest BCUT2D eigenvalue weighted by Gasteiger charge is 2.32. The van der Waals surface area contributed by atoms with Crippen LogP contribution >= 0.6 is 11.6 Å². The second-order valence-electron chi connectivity index (χ2n) is 7.66. The SMILES string of the molecule is COc1ccc(C(C(=O)NC2CCCCC2)N(Cc2ccccc2)C(=O)CCl)cc1. The normalized spacial score (nSPS) is 15.3. The zero-order chi connectivity index (χ0) is 21.3. The summed E-state index contributed by atoms with van der Waals surface area (Å²) < 4.78 is 5.25. The van der Waals surface area contributed by atoms with E-state index in [1.807, 2.05) is 54.6 Å². The minimum absolute atomic E-state index is 0.150. The monoisotopic (exact) mass is 428 g/mol. The lowest BCUT2D eigenvalue weighted by Gasteiger charge is -2.33. The summed E-state index contributed by atoms with van der Waals surface area (Å²) >= 11 is 5.95. The number of hydrogen-bond donors (Lipinski definition) is 1. The van der Waals surface area contributed by atoms with Crippen molar-refractivity contribution >= 4 is 23.4 Å². The highest BCUT2D eigenvalue weighted by atomic mass is 35.5. The summed E-state index contributed by atoms with van der Waals surface area (Å²) in [5.41, 5.74) is 1.68. The molecular weight excluding hydrogens is 400 g/mol. The van der Waals surface area contributed by atoms with E-state index in [9.17, 15) is 9.59 Å². The van der Waals surface area contributed by atoms with Crippen LogP contribution in [-0.4, -0.2) is 35.7 Å². The van der Waals surface area contributed by atoms with Gasteiger partial charge >= 0.3 is 0 Å². The van der Waals surface area contributed by atoms with E-state index in [1.54, 1.807) is 12.0 Å². The molecule has 0 heterocycles. The van der Waals surface area contributed by atoms with E-state index in [-0.39, 0.29) is 23.7 Å². The molecule has 30 heavy (non-hydrogen) atoms. The molecule has 1 aliphatic carbocycles. The fourth-order valence-electron chi connectivity index (χ4n) is 3.97. The van der Waals surface area contributed by atoms with E-state index >= 15 is 0 Å². The summed E-state index contributed by atoms with van der Waals surface area (Å²) in [6.07, 6.45) is 5.39. The Kier molecular flexibility index (Phi) is 8.14. The average molecular weight is 429 g/mol. The van der Waals surface area contributed by atoms with Gasteiger partial charge in [0, 0.05) is 12.6 Å². The van der Waals surface area contributed by atoms with Crippen molar-refractivity contribution in [3.8, 4) is 5.75 Å². The lowest BCUT2D eigenvalue weighted by molar-refractivity contribution is -0.140. The molecule has 0 spiro atoms. The molecule has 1 unspecified atom stereocenters. The second-order valence-corrected chi connectivity index (χ2v) is 7.93. The number of hydrogen-bond acceptors (Lipinski definition) is 3. The Balaban J connectivity index is 1.92. The van der Waals surface area contributed by atoms with Crippen molar-refractivity contribution in [2.24, 2.45) is 0 Å². The first-order valence-corrected chi connectivity index (χ1v) is 11.0. The molecule has 1 aliphatic rings. The summed E-state index contributed by atoms with van der Waals surface area (Å²) in [5, 5.41) is 3.18. The number of alkyl halides is 1. The average Bonchev–Trinajstić information content (AvgIpc) is 2.80. The Bertz CT molecular complexity index is 820. The van der Waals surface area contributed by atoms with Crippen molar-refractivity contribution in [2.45, 2.75) is 50.7 Å². The molecule has 1 fully saturated rings. The minimum atomic E-state index is -0.760. The molecule has 2 aromatic carbocycles. The van der Waals surface area contributed by atoms with Crippen LogP contribution in [0.25, 0.3) is 0 Å². The van der Waals surface area contributed by atoms with Gasteiger partial charge in [-0.05, 0) is 36.1 Å². The first-order valence-electron chi connectivity index (χ1n) is 10.5. The molecule has 0 saturated heterocycles. The molecule has 160 valence electrons. The molecule has 0 aliphatic heterocycles. The highest BCUT2D eigenvalue weighted by molar-refractivity contribution is 6.27. The predicted octanol–water partition coefficient (Wildman–Crippen LogP) is 4.45. The Morgan fingerprint density at radius 1 is 1.07 bits per heavy atom. The third-order valence-corrected chi connectivity index (χ3v) is 5.80. The van der Waals surface area contributed by atoms with Crippen LogP contribution in [-0.2, 0) is 16.1 Å². The summed E-state index contributed by atoms with van der Waals surface area (Å²) in [5.74, 6) is 0.0704. The number of carbonyl (C=O) groups is 2. The Morgan fingerprint density at radius 3 is 2.33 bits per heavy atom. The largest absolute Gasteiger partial charge is 0.497 e. The lowest BCUT2D eigenvalue weighted by atomic mass is 9.94. The predicted molar refractivity (Wildman–Crippen MR) is 118 cm³/mol. The number of amides is 2. The van der Waals surface area contributed by atoms with Crippen LogP contribution in [0.1, 0.15) is 49.3 Å². The standard InChI is InChI=1S/C24H29ClN2O3/c1-30-21-14-12-19(13-15-21)23(24(29)26-20-10-6-3-7-11-20)27(22(28)16-25)17-18-8-4-2-5-9-18/h2,4-5,8-9,12-15,20,23H,3,6-7,10-11,16-17H2,1H3,(H,26,29). The zero-order valence-corrected chi connectivity index (χ0v) is 18.1. The molecule has 5 nitrogen and oxygen atoms in total. The molecule has 2 amide bonds.